The lowest BCUT2D eigenvalue weighted by Gasteiger charge is -2.23. The zero-order valence-corrected chi connectivity index (χ0v) is 17.3. The Bertz CT molecular complexity index is 889. The number of rotatable bonds is 10. The van der Waals surface area contributed by atoms with Gasteiger partial charge in [0.2, 0.25) is 0 Å². The number of aromatic amines is 1. The number of aromatic nitrogens is 2. The van der Waals surface area contributed by atoms with Gasteiger partial charge in [-0.05, 0) is 30.7 Å². The van der Waals surface area contributed by atoms with Crippen LogP contribution in [0.3, 0.4) is 0 Å². The van der Waals surface area contributed by atoms with E-state index in [2.05, 4.69) is 25.1 Å². The molecule has 28 heavy (non-hydrogen) atoms. The van der Waals surface area contributed by atoms with E-state index in [0.717, 1.165) is 29.5 Å². The summed E-state index contributed by atoms with van der Waals surface area (Å²) in [7, 11) is 0. The number of H-pyrrole nitrogens is 1. The predicted molar refractivity (Wildman–Crippen MR) is 114 cm³/mol. The fourth-order valence-corrected chi connectivity index (χ4v) is 5.11. The van der Waals surface area contributed by atoms with Crippen LogP contribution in [0.15, 0.2) is 30.1 Å². The van der Waals surface area contributed by atoms with Crippen molar-refractivity contribution in [3.05, 3.63) is 51.9 Å². The van der Waals surface area contributed by atoms with E-state index in [1.807, 2.05) is 4.90 Å². The van der Waals surface area contributed by atoms with E-state index in [0.29, 0.717) is 38.0 Å². The number of nitrogens with one attached hydrogen (secondary N) is 1. The van der Waals surface area contributed by atoms with Crippen LogP contribution in [0.4, 0.5) is 0 Å². The summed E-state index contributed by atoms with van der Waals surface area (Å²) in [6.45, 7) is 11.7. The number of ether oxygens (including phenoxy) is 1. The highest BCUT2D eigenvalue weighted by atomic mass is 32.1. The predicted octanol–water partition coefficient (Wildman–Crippen LogP) is 2.66. The van der Waals surface area contributed by atoms with Gasteiger partial charge in [0.15, 0.2) is 0 Å². The summed E-state index contributed by atoms with van der Waals surface area (Å²) in [5.41, 5.74) is 1.14. The summed E-state index contributed by atoms with van der Waals surface area (Å²) in [5.74, 6) is 1.28. The molecule has 0 saturated carbocycles. The van der Waals surface area contributed by atoms with Crippen LogP contribution in [0.5, 0.6) is 0 Å². The molecule has 0 fully saturated rings. The second-order valence-electron chi connectivity index (χ2n) is 7.51. The van der Waals surface area contributed by atoms with Gasteiger partial charge in [0, 0.05) is 18.0 Å². The maximum absolute atomic E-state index is 12.7. The number of hydrogen-bond donors (Lipinski definition) is 2. The van der Waals surface area contributed by atoms with E-state index in [9.17, 15) is 9.90 Å². The van der Waals surface area contributed by atoms with Crippen LogP contribution < -0.4 is 5.56 Å². The molecule has 2 N–H and O–H groups in total. The van der Waals surface area contributed by atoms with Crippen molar-refractivity contribution in [2.45, 2.75) is 38.8 Å². The quantitative estimate of drug-likeness (QED) is 0.471. The van der Waals surface area contributed by atoms with Crippen LogP contribution in [0.2, 0.25) is 0 Å². The van der Waals surface area contributed by atoms with Gasteiger partial charge in [-0.25, -0.2) is 4.98 Å². The molecule has 3 rings (SSSR count). The van der Waals surface area contributed by atoms with Gasteiger partial charge in [-0.1, -0.05) is 19.1 Å². The lowest BCUT2D eigenvalue weighted by Crippen LogP contribution is -2.35. The molecule has 0 aliphatic heterocycles. The standard InChI is InChI=1S/C21H29N3O3S/c1-4-8-24(11-15(25)13-27-9-5-2)12-18-22-20(26)19-16-7-6-14(3)10-17(16)28-21(19)23-18/h4-5,14-15,25H,1-2,6-13H2,3H3,(H,22,23,26)/t14-,15+/m1/s1. The summed E-state index contributed by atoms with van der Waals surface area (Å²) < 4.78 is 5.31. The first-order chi connectivity index (χ1) is 13.5. The minimum atomic E-state index is -0.633. The van der Waals surface area contributed by atoms with E-state index >= 15 is 0 Å². The van der Waals surface area contributed by atoms with E-state index in [4.69, 9.17) is 9.72 Å². The van der Waals surface area contributed by atoms with Crippen molar-refractivity contribution in [3.63, 3.8) is 0 Å². The topological polar surface area (TPSA) is 78.5 Å². The first-order valence-corrected chi connectivity index (χ1v) is 10.6. The maximum atomic E-state index is 12.7. The maximum Gasteiger partial charge on any atom is 0.259 e. The van der Waals surface area contributed by atoms with Crippen LogP contribution in [0.1, 0.15) is 29.6 Å². The van der Waals surface area contributed by atoms with Gasteiger partial charge in [-0.3, -0.25) is 9.69 Å². The number of aliphatic hydroxyl groups is 1. The van der Waals surface area contributed by atoms with E-state index < -0.39 is 6.10 Å². The molecule has 2 heterocycles. The summed E-state index contributed by atoms with van der Waals surface area (Å²) >= 11 is 1.65. The Balaban J connectivity index is 1.77. The Morgan fingerprint density at radius 3 is 3.04 bits per heavy atom. The minimum Gasteiger partial charge on any atom is -0.389 e. The number of fused-ring (bicyclic) bond motifs is 3. The molecule has 0 radical (unpaired) electrons. The molecule has 0 aromatic carbocycles. The number of aliphatic hydroxyl groups excluding tert-OH is 1. The van der Waals surface area contributed by atoms with Crippen molar-refractivity contribution in [2.24, 2.45) is 5.92 Å². The SMILES string of the molecule is C=CCOC[C@@H](O)CN(CC=C)Cc1nc2sc3c(c2c(=O)[nH]1)CC[C@@H](C)C3. The second kappa shape index (κ2) is 9.60. The number of hydrogen-bond acceptors (Lipinski definition) is 6. The summed E-state index contributed by atoms with van der Waals surface area (Å²) in [6, 6.07) is 0. The zero-order valence-electron chi connectivity index (χ0n) is 16.4. The first-order valence-electron chi connectivity index (χ1n) is 9.75. The Morgan fingerprint density at radius 1 is 1.46 bits per heavy atom. The molecule has 0 amide bonds. The number of thiophene rings is 1. The molecule has 0 spiro atoms. The van der Waals surface area contributed by atoms with Crippen LogP contribution in [0.25, 0.3) is 10.2 Å². The highest BCUT2D eigenvalue weighted by molar-refractivity contribution is 7.18. The average molecular weight is 404 g/mol. The molecule has 6 nitrogen and oxygen atoms in total. The third-order valence-corrected chi connectivity index (χ3v) is 6.14. The molecule has 2 atom stereocenters. The third-order valence-electron chi connectivity index (χ3n) is 4.99. The molecule has 1 aliphatic carbocycles. The highest BCUT2D eigenvalue weighted by Crippen LogP contribution is 2.35. The Labute approximate surface area is 169 Å². The normalized spacial score (nSPS) is 17.6. The van der Waals surface area contributed by atoms with E-state index in [1.165, 1.54) is 10.4 Å². The van der Waals surface area contributed by atoms with Crippen LogP contribution >= 0.6 is 11.3 Å². The minimum absolute atomic E-state index is 0.0551. The van der Waals surface area contributed by atoms with Crippen LogP contribution in [0, 0.1) is 5.92 Å². The summed E-state index contributed by atoms with van der Waals surface area (Å²) in [6.07, 6.45) is 5.91. The van der Waals surface area contributed by atoms with Gasteiger partial charge in [-0.15, -0.1) is 24.5 Å². The lowest BCUT2D eigenvalue weighted by molar-refractivity contribution is 0.0265. The van der Waals surface area contributed by atoms with Crippen molar-refractivity contribution in [3.8, 4) is 0 Å². The third kappa shape index (κ3) is 4.97. The van der Waals surface area contributed by atoms with E-state index in [1.54, 1.807) is 23.5 Å². The molecule has 0 saturated heterocycles. The van der Waals surface area contributed by atoms with Crippen molar-refractivity contribution >= 4 is 21.6 Å². The van der Waals surface area contributed by atoms with Gasteiger partial charge in [0.25, 0.3) is 5.56 Å². The molecule has 2 aromatic heterocycles. The lowest BCUT2D eigenvalue weighted by atomic mass is 9.89. The number of aryl methyl sites for hydroxylation is 1. The molecule has 0 bridgehead atoms. The first kappa shape index (κ1) is 20.9. The largest absolute Gasteiger partial charge is 0.389 e. The smallest absolute Gasteiger partial charge is 0.259 e. The Hall–Kier alpha value is -1.80. The van der Waals surface area contributed by atoms with Crippen molar-refractivity contribution in [2.75, 3.05) is 26.3 Å². The Kier molecular flexibility index (Phi) is 7.18. The van der Waals surface area contributed by atoms with Gasteiger partial charge in [-0.2, -0.15) is 0 Å². The van der Waals surface area contributed by atoms with Crippen molar-refractivity contribution in [1.29, 1.82) is 0 Å². The number of nitrogens with zero attached hydrogens (tertiary/aromatic N) is 2. The van der Waals surface area contributed by atoms with Crippen molar-refractivity contribution in [1.82, 2.24) is 14.9 Å². The van der Waals surface area contributed by atoms with E-state index in [-0.39, 0.29) is 12.2 Å². The molecule has 0 unspecified atom stereocenters. The average Bonchev–Trinajstić information content (AvgIpc) is 2.99. The van der Waals surface area contributed by atoms with Crippen molar-refractivity contribution < 1.29 is 9.84 Å². The summed E-state index contributed by atoms with van der Waals surface area (Å²) in [4.78, 5) is 24.6. The molecule has 152 valence electrons. The fourth-order valence-electron chi connectivity index (χ4n) is 3.70. The second-order valence-corrected chi connectivity index (χ2v) is 8.59. The van der Waals surface area contributed by atoms with Gasteiger partial charge < -0.3 is 14.8 Å². The summed E-state index contributed by atoms with van der Waals surface area (Å²) in [5, 5.41) is 11.0. The van der Waals surface area contributed by atoms with Gasteiger partial charge in [0.1, 0.15) is 10.7 Å². The van der Waals surface area contributed by atoms with Crippen LogP contribution in [-0.2, 0) is 24.1 Å². The molecule has 7 heteroatoms. The molecule has 2 aromatic rings. The fraction of sp³-hybridized carbons (Fsp3) is 0.524. The molecular weight excluding hydrogens is 374 g/mol. The monoisotopic (exact) mass is 403 g/mol. The van der Waals surface area contributed by atoms with Crippen LogP contribution in [-0.4, -0.2) is 52.4 Å². The van der Waals surface area contributed by atoms with Gasteiger partial charge >= 0.3 is 0 Å². The highest BCUT2D eigenvalue weighted by Gasteiger charge is 2.23. The molecular formula is C21H29N3O3S. The van der Waals surface area contributed by atoms with Gasteiger partial charge in [0.05, 0.1) is 31.2 Å². The Morgan fingerprint density at radius 2 is 2.29 bits per heavy atom. The zero-order chi connectivity index (χ0) is 20.1. The molecule has 1 aliphatic rings.